The monoisotopic (exact) mass is 385 g/mol. The molecule has 0 aliphatic carbocycles. The van der Waals surface area contributed by atoms with Crippen molar-refractivity contribution >= 4 is 27.1 Å². The molecule has 0 saturated carbocycles. The molecule has 0 saturated heterocycles. The fourth-order valence-corrected chi connectivity index (χ4v) is 3.30. The lowest BCUT2D eigenvalue weighted by Gasteiger charge is -2.21. The second-order valence-electron chi connectivity index (χ2n) is 5.99. The highest BCUT2D eigenvalue weighted by Gasteiger charge is 2.16. The predicted molar refractivity (Wildman–Crippen MR) is 106 cm³/mol. The van der Waals surface area contributed by atoms with Crippen molar-refractivity contribution in [2.45, 2.75) is 18.2 Å². The Hall–Kier alpha value is -2.76. The van der Waals surface area contributed by atoms with E-state index in [1.807, 2.05) is 31.2 Å². The van der Waals surface area contributed by atoms with Gasteiger partial charge < -0.3 is 4.90 Å². The van der Waals surface area contributed by atoms with E-state index in [9.17, 15) is 8.42 Å². The summed E-state index contributed by atoms with van der Waals surface area (Å²) in [6.45, 7) is 3.56. The number of nitriles is 1. The van der Waals surface area contributed by atoms with E-state index in [4.69, 9.17) is 5.26 Å². The first-order chi connectivity index (χ1) is 12.9. The van der Waals surface area contributed by atoms with Crippen LogP contribution in [0.2, 0.25) is 0 Å². The van der Waals surface area contributed by atoms with Gasteiger partial charge in [0.15, 0.2) is 0 Å². The van der Waals surface area contributed by atoms with Gasteiger partial charge in [-0.2, -0.15) is 15.5 Å². The topological polar surface area (TPSA) is 89.1 Å². The van der Waals surface area contributed by atoms with Crippen molar-refractivity contribution in [2.24, 2.45) is 10.2 Å². The third-order valence-corrected chi connectivity index (χ3v) is 5.82. The van der Waals surface area contributed by atoms with Gasteiger partial charge in [0.25, 0.3) is 0 Å². The molecule has 7 nitrogen and oxygen atoms in total. The van der Waals surface area contributed by atoms with Gasteiger partial charge in [0, 0.05) is 32.9 Å². The van der Waals surface area contributed by atoms with Crippen molar-refractivity contribution in [3.63, 3.8) is 0 Å². The second kappa shape index (κ2) is 9.26. The minimum absolute atomic E-state index is 0.216. The van der Waals surface area contributed by atoms with Crippen LogP contribution in [-0.4, -0.2) is 39.9 Å². The van der Waals surface area contributed by atoms with Crippen LogP contribution in [0, 0.1) is 11.3 Å². The van der Waals surface area contributed by atoms with Crippen molar-refractivity contribution in [1.82, 2.24) is 4.31 Å². The lowest BCUT2D eigenvalue weighted by Crippen LogP contribution is -2.23. The van der Waals surface area contributed by atoms with Gasteiger partial charge in [-0.1, -0.05) is 0 Å². The number of benzene rings is 2. The SMILES string of the molecule is CCN(CCC#N)c1ccc(N=Nc2ccc(S(=O)(=O)N(C)C)cc2)cc1. The lowest BCUT2D eigenvalue weighted by atomic mass is 10.2. The molecule has 142 valence electrons. The number of azo groups is 1. The second-order valence-corrected chi connectivity index (χ2v) is 8.14. The van der Waals surface area contributed by atoms with E-state index in [0.717, 1.165) is 12.2 Å². The van der Waals surface area contributed by atoms with Crippen LogP contribution in [-0.2, 0) is 10.0 Å². The molecular weight excluding hydrogens is 362 g/mol. The molecule has 0 spiro atoms. The normalized spacial score (nSPS) is 11.7. The van der Waals surface area contributed by atoms with Gasteiger partial charge in [-0.3, -0.25) is 0 Å². The van der Waals surface area contributed by atoms with Crippen LogP contribution >= 0.6 is 0 Å². The molecule has 0 N–H and O–H groups in total. The Morgan fingerprint density at radius 1 is 0.963 bits per heavy atom. The molecule has 0 radical (unpaired) electrons. The van der Waals surface area contributed by atoms with E-state index >= 15 is 0 Å². The highest BCUT2D eigenvalue weighted by atomic mass is 32.2. The molecule has 0 fully saturated rings. The molecule has 0 unspecified atom stereocenters. The number of anilines is 1. The predicted octanol–water partition coefficient (Wildman–Crippen LogP) is 4.09. The molecule has 2 aromatic rings. The molecule has 0 heterocycles. The van der Waals surface area contributed by atoms with Gasteiger partial charge in [-0.05, 0) is 55.5 Å². The summed E-state index contributed by atoms with van der Waals surface area (Å²) < 4.78 is 25.3. The van der Waals surface area contributed by atoms with E-state index in [-0.39, 0.29) is 4.90 Å². The third-order valence-electron chi connectivity index (χ3n) is 3.99. The average molecular weight is 385 g/mol. The summed E-state index contributed by atoms with van der Waals surface area (Å²) in [6.07, 6.45) is 0.481. The smallest absolute Gasteiger partial charge is 0.242 e. The number of hydrogen-bond acceptors (Lipinski definition) is 6. The van der Waals surface area contributed by atoms with Crippen molar-refractivity contribution in [1.29, 1.82) is 5.26 Å². The zero-order valence-electron chi connectivity index (χ0n) is 15.7. The Balaban J connectivity index is 2.09. The van der Waals surface area contributed by atoms with Crippen molar-refractivity contribution < 1.29 is 8.42 Å². The fraction of sp³-hybridized carbons (Fsp3) is 0.316. The average Bonchev–Trinajstić information content (AvgIpc) is 2.68. The molecule has 0 atom stereocenters. The van der Waals surface area contributed by atoms with Crippen molar-refractivity contribution in [3.8, 4) is 6.07 Å². The Labute approximate surface area is 160 Å². The maximum atomic E-state index is 12.1. The molecule has 0 bridgehead atoms. The third kappa shape index (κ3) is 5.36. The molecule has 0 aromatic heterocycles. The molecule has 8 heteroatoms. The number of nitrogens with zero attached hydrogens (tertiary/aromatic N) is 5. The summed E-state index contributed by atoms with van der Waals surface area (Å²) in [5.74, 6) is 0. The maximum Gasteiger partial charge on any atom is 0.242 e. The molecular formula is C19H23N5O2S. The van der Waals surface area contributed by atoms with Crippen LogP contribution in [0.5, 0.6) is 0 Å². The van der Waals surface area contributed by atoms with E-state index < -0.39 is 10.0 Å². The molecule has 0 amide bonds. The summed E-state index contributed by atoms with van der Waals surface area (Å²) in [6, 6.07) is 16.0. The first-order valence-electron chi connectivity index (χ1n) is 8.54. The zero-order chi connectivity index (χ0) is 19.9. The standard InChI is InChI=1S/C19H23N5O2S/c1-4-24(15-5-14-20)18-10-6-16(7-11-18)21-22-17-8-12-19(13-9-17)27(25,26)23(2)3/h6-13H,4-5,15H2,1-3H3. The highest BCUT2D eigenvalue weighted by molar-refractivity contribution is 7.89. The Kier molecular flexibility index (Phi) is 7.05. The van der Waals surface area contributed by atoms with Gasteiger partial charge in [-0.25, -0.2) is 12.7 Å². The van der Waals surface area contributed by atoms with E-state index in [1.54, 1.807) is 12.1 Å². The van der Waals surface area contributed by atoms with Crippen LogP contribution in [0.25, 0.3) is 0 Å². The Morgan fingerprint density at radius 2 is 1.48 bits per heavy atom. The maximum absolute atomic E-state index is 12.1. The molecule has 2 rings (SSSR count). The van der Waals surface area contributed by atoms with Crippen LogP contribution in [0.4, 0.5) is 17.1 Å². The lowest BCUT2D eigenvalue weighted by molar-refractivity contribution is 0.521. The molecule has 0 aliphatic rings. The van der Waals surface area contributed by atoms with Crippen molar-refractivity contribution in [3.05, 3.63) is 48.5 Å². The van der Waals surface area contributed by atoms with E-state index in [1.165, 1.54) is 30.5 Å². The minimum Gasteiger partial charge on any atom is -0.371 e. The first-order valence-corrected chi connectivity index (χ1v) is 9.98. The summed E-state index contributed by atoms with van der Waals surface area (Å²) in [5, 5.41) is 17.1. The quantitative estimate of drug-likeness (QED) is 0.640. The van der Waals surface area contributed by atoms with Crippen LogP contribution in [0.1, 0.15) is 13.3 Å². The van der Waals surface area contributed by atoms with E-state index in [0.29, 0.717) is 24.3 Å². The summed E-state index contributed by atoms with van der Waals surface area (Å²) in [4.78, 5) is 2.33. The summed E-state index contributed by atoms with van der Waals surface area (Å²) in [7, 11) is -0.461. The van der Waals surface area contributed by atoms with Gasteiger partial charge in [0.2, 0.25) is 10.0 Å². The summed E-state index contributed by atoms with van der Waals surface area (Å²) >= 11 is 0. The van der Waals surface area contributed by atoms with Crippen LogP contribution in [0.15, 0.2) is 63.7 Å². The van der Waals surface area contributed by atoms with Crippen LogP contribution in [0.3, 0.4) is 0 Å². The first kappa shape index (κ1) is 20.6. The zero-order valence-corrected chi connectivity index (χ0v) is 16.5. The highest BCUT2D eigenvalue weighted by Crippen LogP contribution is 2.23. The van der Waals surface area contributed by atoms with Gasteiger partial charge in [0.1, 0.15) is 0 Å². The van der Waals surface area contributed by atoms with Gasteiger partial charge >= 0.3 is 0 Å². The largest absolute Gasteiger partial charge is 0.371 e. The number of sulfonamides is 1. The Bertz CT molecular complexity index is 914. The van der Waals surface area contributed by atoms with Gasteiger partial charge in [-0.15, -0.1) is 0 Å². The Morgan fingerprint density at radius 3 is 1.93 bits per heavy atom. The summed E-state index contributed by atoms with van der Waals surface area (Å²) in [5.41, 5.74) is 2.30. The molecule has 2 aromatic carbocycles. The minimum atomic E-state index is -3.45. The van der Waals surface area contributed by atoms with Crippen molar-refractivity contribution in [2.75, 3.05) is 32.1 Å². The van der Waals surface area contributed by atoms with Crippen LogP contribution < -0.4 is 4.90 Å². The molecule has 27 heavy (non-hydrogen) atoms. The molecule has 0 aliphatic heterocycles. The van der Waals surface area contributed by atoms with Gasteiger partial charge in [0.05, 0.1) is 28.8 Å². The number of rotatable bonds is 8. The fourth-order valence-electron chi connectivity index (χ4n) is 2.40. The van der Waals surface area contributed by atoms with E-state index in [2.05, 4.69) is 21.2 Å². The number of hydrogen-bond donors (Lipinski definition) is 0.